The summed E-state index contributed by atoms with van der Waals surface area (Å²) in [6.07, 6.45) is 4.97. The Morgan fingerprint density at radius 1 is 1.17 bits per heavy atom. The fourth-order valence-electron chi connectivity index (χ4n) is 3.57. The summed E-state index contributed by atoms with van der Waals surface area (Å²) in [7, 11) is 0. The molecule has 0 aliphatic carbocycles. The highest BCUT2D eigenvalue weighted by Gasteiger charge is 2.30. The molecule has 0 spiro atoms. The van der Waals surface area contributed by atoms with E-state index in [2.05, 4.69) is 21.7 Å². The first kappa shape index (κ1) is 17.4. The molecule has 132 valence electrons. The molecule has 0 radical (unpaired) electrons. The Balaban J connectivity index is 1.32. The van der Waals surface area contributed by atoms with Gasteiger partial charge < -0.3 is 10.2 Å². The zero-order valence-corrected chi connectivity index (χ0v) is 15.0. The lowest BCUT2D eigenvalue weighted by molar-refractivity contribution is -0.136. The van der Waals surface area contributed by atoms with Gasteiger partial charge in [-0.1, -0.05) is 6.07 Å². The molecule has 6 heteroatoms. The highest BCUT2D eigenvalue weighted by atomic mass is 32.1. The van der Waals surface area contributed by atoms with E-state index in [-0.39, 0.29) is 11.8 Å². The monoisotopic (exact) mass is 349 g/mol. The molecule has 2 aliphatic rings. The molecule has 0 aromatic carbocycles. The van der Waals surface area contributed by atoms with Gasteiger partial charge in [0.1, 0.15) is 0 Å². The van der Waals surface area contributed by atoms with E-state index in [1.54, 1.807) is 11.3 Å². The third-order valence-electron chi connectivity index (χ3n) is 5.00. The van der Waals surface area contributed by atoms with Crippen molar-refractivity contribution in [2.75, 3.05) is 39.3 Å². The second-order valence-corrected chi connectivity index (χ2v) is 7.79. The smallest absolute Gasteiger partial charge is 0.234 e. The number of nitrogens with zero attached hydrogens (tertiary/aromatic N) is 2. The topological polar surface area (TPSA) is 52.7 Å². The summed E-state index contributed by atoms with van der Waals surface area (Å²) in [5, 5.41) is 5.06. The highest BCUT2D eigenvalue weighted by Crippen LogP contribution is 2.21. The van der Waals surface area contributed by atoms with E-state index in [9.17, 15) is 9.59 Å². The van der Waals surface area contributed by atoms with Gasteiger partial charge in [-0.15, -0.1) is 11.3 Å². The second-order valence-electron chi connectivity index (χ2n) is 6.76. The number of hydrogen-bond acceptors (Lipinski definition) is 4. The van der Waals surface area contributed by atoms with Gasteiger partial charge in [-0.3, -0.25) is 14.5 Å². The number of rotatable bonds is 6. The van der Waals surface area contributed by atoms with Crippen LogP contribution < -0.4 is 5.32 Å². The summed E-state index contributed by atoms with van der Waals surface area (Å²) in [4.78, 5) is 30.0. The van der Waals surface area contributed by atoms with Crippen molar-refractivity contribution in [3.63, 3.8) is 0 Å². The number of carbonyl (C=O) groups excluding carboxylic acids is 2. The Hall–Kier alpha value is -1.40. The van der Waals surface area contributed by atoms with Crippen molar-refractivity contribution in [1.82, 2.24) is 15.1 Å². The van der Waals surface area contributed by atoms with Crippen LogP contribution in [0.4, 0.5) is 0 Å². The van der Waals surface area contributed by atoms with E-state index >= 15 is 0 Å². The van der Waals surface area contributed by atoms with Gasteiger partial charge in [0, 0.05) is 30.4 Å². The van der Waals surface area contributed by atoms with E-state index in [1.807, 2.05) is 11.0 Å². The van der Waals surface area contributed by atoms with Crippen molar-refractivity contribution in [2.45, 2.75) is 32.1 Å². The first-order valence-corrected chi connectivity index (χ1v) is 9.90. The number of thiophene rings is 1. The van der Waals surface area contributed by atoms with Crippen LogP contribution in [-0.2, 0) is 16.0 Å². The number of nitrogens with one attached hydrogen (secondary N) is 1. The van der Waals surface area contributed by atoms with Gasteiger partial charge in [-0.2, -0.15) is 0 Å². The van der Waals surface area contributed by atoms with E-state index in [0.29, 0.717) is 19.0 Å². The van der Waals surface area contributed by atoms with Crippen LogP contribution in [0.5, 0.6) is 0 Å². The average molecular weight is 350 g/mol. The van der Waals surface area contributed by atoms with Crippen LogP contribution in [0.3, 0.4) is 0 Å². The molecule has 5 nitrogen and oxygen atoms in total. The van der Waals surface area contributed by atoms with Gasteiger partial charge >= 0.3 is 0 Å². The molecule has 0 unspecified atom stereocenters. The number of piperidine rings is 1. The van der Waals surface area contributed by atoms with Crippen molar-refractivity contribution >= 4 is 23.2 Å². The van der Waals surface area contributed by atoms with Crippen LogP contribution in [0.15, 0.2) is 17.5 Å². The van der Waals surface area contributed by atoms with E-state index in [0.717, 1.165) is 58.3 Å². The minimum absolute atomic E-state index is 0.0934. The molecule has 0 saturated carbocycles. The lowest BCUT2D eigenvalue weighted by atomic mass is 9.95. The Kier molecular flexibility index (Phi) is 6.26. The van der Waals surface area contributed by atoms with Crippen molar-refractivity contribution < 1.29 is 9.59 Å². The third-order valence-corrected chi connectivity index (χ3v) is 5.93. The lowest BCUT2D eigenvalue weighted by Gasteiger charge is -2.32. The molecule has 0 atom stereocenters. The molecule has 3 rings (SSSR count). The summed E-state index contributed by atoms with van der Waals surface area (Å²) >= 11 is 1.73. The van der Waals surface area contributed by atoms with Crippen LogP contribution in [-0.4, -0.2) is 60.9 Å². The Morgan fingerprint density at radius 2 is 1.92 bits per heavy atom. The maximum absolute atomic E-state index is 12.4. The van der Waals surface area contributed by atoms with Crippen molar-refractivity contribution in [1.29, 1.82) is 0 Å². The second kappa shape index (κ2) is 8.62. The number of likely N-dealkylation sites (tertiary alicyclic amines) is 2. The van der Waals surface area contributed by atoms with E-state index in [4.69, 9.17) is 0 Å². The van der Waals surface area contributed by atoms with Gasteiger partial charge in [-0.05, 0) is 56.6 Å². The molecule has 1 N–H and O–H groups in total. The fourth-order valence-corrected chi connectivity index (χ4v) is 4.28. The quantitative estimate of drug-likeness (QED) is 0.851. The van der Waals surface area contributed by atoms with Gasteiger partial charge in [0.2, 0.25) is 11.8 Å². The standard InChI is InChI=1S/C18H27N3O2S/c22-17(19-8-5-16-4-3-13-24-16)14-20-11-6-15(7-12-20)18(23)21-9-1-2-10-21/h3-4,13,15H,1-2,5-12,14H2,(H,19,22). The molecule has 1 aromatic rings. The van der Waals surface area contributed by atoms with Crippen LogP contribution in [0.1, 0.15) is 30.6 Å². The van der Waals surface area contributed by atoms with Gasteiger partial charge in [0.05, 0.1) is 6.54 Å². The molecule has 3 heterocycles. The maximum atomic E-state index is 12.4. The van der Waals surface area contributed by atoms with E-state index in [1.165, 1.54) is 4.88 Å². The first-order valence-electron chi connectivity index (χ1n) is 9.02. The van der Waals surface area contributed by atoms with Crippen LogP contribution >= 0.6 is 11.3 Å². The molecule has 2 amide bonds. The fraction of sp³-hybridized carbons (Fsp3) is 0.667. The Labute approximate surface area is 148 Å². The van der Waals surface area contributed by atoms with Gasteiger partial charge in [-0.25, -0.2) is 0 Å². The van der Waals surface area contributed by atoms with Crippen LogP contribution in [0, 0.1) is 5.92 Å². The Bertz CT molecular complexity index is 532. The normalized spacial score (nSPS) is 19.6. The SMILES string of the molecule is O=C(CN1CCC(C(=O)N2CCCC2)CC1)NCCc1cccs1. The zero-order chi connectivity index (χ0) is 16.8. The number of hydrogen-bond donors (Lipinski definition) is 1. The van der Waals surface area contributed by atoms with E-state index < -0.39 is 0 Å². The van der Waals surface area contributed by atoms with Gasteiger partial charge in [0.25, 0.3) is 0 Å². The van der Waals surface area contributed by atoms with Gasteiger partial charge in [0.15, 0.2) is 0 Å². The summed E-state index contributed by atoms with van der Waals surface area (Å²) in [5.41, 5.74) is 0. The molecule has 1 aromatic heterocycles. The number of amides is 2. The summed E-state index contributed by atoms with van der Waals surface area (Å²) in [6.45, 7) is 4.72. The zero-order valence-electron chi connectivity index (χ0n) is 14.2. The van der Waals surface area contributed by atoms with Crippen LogP contribution in [0.25, 0.3) is 0 Å². The first-order chi connectivity index (χ1) is 11.7. The average Bonchev–Trinajstić information content (AvgIpc) is 3.29. The Morgan fingerprint density at radius 3 is 2.58 bits per heavy atom. The number of carbonyl (C=O) groups is 2. The molecule has 24 heavy (non-hydrogen) atoms. The van der Waals surface area contributed by atoms with Crippen molar-refractivity contribution in [3.8, 4) is 0 Å². The lowest BCUT2D eigenvalue weighted by Crippen LogP contribution is -2.45. The molecule has 2 aliphatic heterocycles. The minimum atomic E-state index is 0.0934. The highest BCUT2D eigenvalue weighted by molar-refractivity contribution is 7.09. The predicted molar refractivity (Wildman–Crippen MR) is 96.0 cm³/mol. The summed E-state index contributed by atoms with van der Waals surface area (Å²) in [6, 6.07) is 4.13. The van der Waals surface area contributed by atoms with Crippen molar-refractivity contribution in [2.24, 2.45) is 5.92 Å². The molecule has 2 saturated heterocycles. The molecular formula is C18H27N3O2S. The molecule has 0 bridgehead atoms. The maximum Gasteiger partial charge on any atom is 0.234 e. The van der Waals surface area contributed by atoms with Crippen molar-refractivity contribution in [3.05, 3.63) is 22.4 Å². The molecule has 2 fully saturated rings. The third kappa shape index (κ3) is 4.80. The van der Waals surface area contributed by atoms with Crippen LogP contribution in [0.2, 0.25) is 0 Å². The summed E-state index contributed by atoms with van der Waals surface area (Å²) in [5.74, 6) is 0.602. The molecular weight excluding hydrogens is 322 g/mol. The largest absolute Gasteiger partial charge is 0.355 e. The predicted octanol–water partition coefficient (Wildman–Crippen LogP) is 1.74. The summed E-state index contributed by atoms with van der Waals surface area (Å²) < 4.78 is 0. The minimum Gasteiger partial charge on any atom is -0.355 e.